The van der Waals surface area contributed by atoms with Gasteiger partial charge in [0, 0.05) is 69.0 Å². The Morgan fingerprint density at radius 3 is 1.34 bits per heavy atom. The van der Waals surface area contributed by atoms with Crippen LogP contribution in [0.25, 0.3) is 0 Å². The van der Waals surface area contributed by atoms with Gasteiger partial charge < -0.3 is 41.7 Å². The first-order valence-corrected chi connectivity index (χ1v) is 14.4. The summed E-state index contributed by atoms with van der Waals surface area (Å²) in [6.45, 7) is 7.53. The van der Waals surface area contributed by atoms with Gasteiger partial charge in [-0.05, 0) is 63.1 Å². The second kappa shape index (κ2) is 45.4. The van der Waals surface area contributed by atoms with Crippen molar-refractivity contribution in [3.05, 3.63) is 90.3 Å². The Kier molecular flexibility index (Phi) is 57.1. The lowest BCUT2D eigenvalue weighted by Gasteiger charge is -2.09. The van der Waals surface area contributed by atoms with Gasteiger partial charge >= 0.3 is 23.9 Å². The number of carbonyl (C=O) groups is 5. The number of hydrogen-bond donors (Lipinski definition) is 7. The number of nitrogens with two attached hydrogens (primary N) is 2. The number of nitrogens with zero attached hydrogens (tertiary/aromatic N) is 3. The zero-order valence-corrected chi connectivity index (χ0v) is 29.9. The molecule has 0 saturated heterocycles. The Labute approximate surface area is 327 Å². The molecule has 16 nitrogen and oxygen atoms in total. The monoisotopic (exact) mass is 800 g/mol. The molecular formula is C35H63Cl2N5O11. The van der Waals surface area contributed by atoms with Gasteiger partial charge in [-0.2, -0.15) is 0 Å². The molecule has 0 aliphatic heterocycles. The molecule has 0 aliphatic carbocycles. The molecule has 2 unspecified atom stereocenters. The number of aromatic nitrogens is 3. The maximum absolute atomic E-state index is 11.1. The van der Waals surface area contributed by atoms with E-state index in [1.807, 2.05) is 6.07 Å². The van der Waals surface area contributed by atoms with Crippen molar-refractivity contribution < 1.29 is 55.7 Å². The average molecular weight is 802 g/mol. The van der Waals surface area contributed by atoms with Crippen LogP contribution in [0.5, 0.6) is 0 Å². The van der Waals surface area contributed by atoms with Crippen molar-refractivity contribution in [3.63, 3.8) is 0 Å². The number of esters is 1. The minimum absolute atomic E-state index is 0. The van der Waals surface area contributed by atoms with Gasteiger partial charge in [0.05, 0.1) is 19.4 Å². The summed E-state index contributed by atoms with van der Waals surface area (Å²) < 4.78 is 4.79. The minimum Gasteiger partial charge on any atom is -0.481 e. The summed E-state index contributed by atoms with van der Waals surface area (Å²) in [5.41, 5.74) is 13.6. The molecule has 18 heteroatoms. The number of hydrogen-bond acceptors (Lipinski definition) is 13. The first-order chi connectivity index (χ1) is 22.6. The van der Waals surface area contributed by atoms with E-state index in [-0.39, 0.29) is 86.1 Å². The number of aliphatic hydroxyl groups excluding tert-OH is 2. The molecule has 0 saturated carbocycles. The van der Waals surface area contributed by atoms with Gasteiger partial charge in [0.1, 0.15) is 6.42 Å². The second-order valence-electron chi connectivity index (χ2n) is 9.17. The van der Waals surface area contributed by atoms with E-state index < -0.39 is 30.4 Å². The fourth-order valence-corrected chi connectivity index (χ4v) is 2.59. The number of carboxylic acids is 3. The highest BCUT2D eigenvalue weighted by molar-refractivity contribution is 5.88. The molecule has 0 aromatic carbocycles. The summed E-state index contributed by atoms with van der Waals surface area (Å²) in [4.78, 5) is 61.7. The Hall–Kier alpha value is -4.58. The molecule has 3 aromatic heterocycles. The summed E-state index contributed by atoms with van der Waals surface area (Å²) in [7, 11) is 0. The van der Waals surface area contributed by atoms with Crippen molar-refractivity contribution in [1.29, 1.82) is 0 Å². The largest absolute Gasteiger partial charge is 0.481 e. The molecule has 3 aromatic rings. The van der Waals surface area contributed by atoms with Crippen LogP contribution in [0, 0.1) is 0 Å². The van der Waals surface area contributed by atoms with Crippen LogP contribution in [0.1, 0.15) is 104 Å². The summed E-state index contributed by atoms with van der Waals surface area (Å²) in [5.74, 6) is -3.80. The Bertz CT molecular complexity index is 1260. The predicted molar refractivity (Wildman–Crippen MR) is 212 cm³/mol. The van der Waals surface area contributed by atoms with E-state index in [0.29, 0.717) is 12.2 Å². The molecule has 0 bridgehead atoms. The summed E-state index contributed by atoms with van der Waals surface area (Å²) in [6.07, 6.45) is 9.60. The lowest BCUT2D eigenvalue weighted by molar-refractivity contribution is -0.147. The number of aliphatic carboxylic acids is 3. The lowest BCUT2D eigenvalue weighted by Crippen LogP contribution is -2.17. The third-order valence-electron chi connectivity index (χ3n) is 4.43. The molecule has 0 fully saturated rings. The van der Waals surface area contributed by atoms with Crippen LogP contribution in [-0.2, 0) is 23.9 Å². The van der Waals surface area contributed by atoms with Crippen molar-refractivity contribution in [2.75, 3.05) is 13.2 Å². The van der Waals surface area contributed by atoms with Crippen molar-refractivity contribution in [2.45, 2.75) is 87.4 Å². The number of carbonyl (C=O) groups excluding carboxylic acids is 2. The third kappa shape index (κ3) is 49.6. The minimum atomic E-state index is -1.31. The van der Waals surface area contributed by atoms with Crippen molar-refractivity contribution >= 4 is 55.0 Å². The van der Waals surface area contributed by atoms with Crippen LogP contribution in [0.2, 0.25) is 0 Å². The van der Waals surface area contributed by atoms with E-state index in [9.17, 15) is 24.0 Å². The number of ether oxygens (including phenoxy) is 1. The maximum Gasteiger partial charge on any atom is 0.314 e. The maximum atomic E-state index is 11.1. The second-order valence-corrected chi connectivity index (χ2v) is 9.17. The van der Waals surface area contributed by atoms with E-state index in [1.54, 1.807) is 89.0 Å². The molecule has 53 heavy (non-hydrogen) atoms. The molecule has 3 rings (SSSR count). The normalized spacial score (nSPS) is 9.38. The Balaban J connectivity index is -0.0000000666. The first-order valence-electron chi connectivity index (χ1n) is 14.4. The topological polar surface area (TPSA) is 286 Å². The molecular weight excluding hydrogens is 737 g/mol. The van der Waals surface area contributed by atoms with E-state index in [4.69, 9.17) is 41.7 Å². The molecule has 0 radical (unpaired) electrons. The fraction of sp³-hybridized carbons (Fsp3) is 0.429. The smallest absolute Gasteiger partial charge is 0.314 e. The van der Waals surface area contributed by atoms with Gasteiger partial charge in [-0.3, -0.25) is 38.9 Å². The van der Waals surface area contributed by atoms with Gasteiger partial charge in [0.2, 0.25) is 0 Å². The average Bonchev–Trinajstić information content (AvgIpc) is 3.02. The highest BCUT2D eigenvalue weighted by atomic mass is 35.5. The fourth-order valence-electron chi connectivity index (χ4n) is 2.59. The molecule has 0 spiro atoms. The van der Waals surface area contributed by atoms with Crippen molar-refractivity contribution in [1.82, 2.24) is 15.0 Å². The SMILES string of the molecule is C.C.C.CC(C)O.CCO.CCOC(=O)CC(N)c1cccnc1.Cl.Cl.NC(CC(=O)O)c1cccnc1.O=C(O)CC(=O)O.O=Cc1cccnc1.[2HH]. The Morgan fingerprint density at radius 2 is 1.11 bits per heavy atom. The van der Waals surface area contributed by atoms with Gasteiger partial charge in [-0.1, -0.05) is 34.4 Å². The molecule has 2 atom stereocenters. The van der Waals surface area contributed by atoms with Gasteiger partial charge in [-0.25, -0.2) is 0 Å². The van der Waals surface area contributed by atoms with E-state index in [1.165, 1.54) is 6.20 Å². The number of halogens is 2. The lowest BCUT2D eigenvalue weighted by atomic mass is 10.1. The number of aliphatic hydroxyl groups is 2. The van der Waals surface area contributed by atoms with Crippen LogP contribution < -0.4 is 11.5 Å². The predicted octanol–water partition coefficient (Wildman–Crippen LogP) is 5.41. The van der Waals surface area contributed by atoms with Gasteiger partial charge in [0.25, 0.3) is 0 Å². The van der Waals surface area contributed by atoms with E-state index >= 15 is 0 Å². The van der Waals surface area contributed by atoms with Crippen LogP contribution in [-0.4, -0.2) is 90.0 Å². The number of carboxylic acid groups (broad SMARTS) is 3. The third-order valence-corrected chi connectivity index (χ3v) is 4.43. The standard InChI is InChI=1S/C10H14N2O2.C8H10N2O2.C6H5NO.C3H4O4.C3H8O.C2H6O.3CH4.2ClH.H2/c1-2-14-10(13)6-9(11)8-4-3-5-12-7-8;9-7(4-8(11)12)6-2-1-3-10-5-6;8-5-6-2-1-3-7-4-6;4-2(5)1-3(6)7;1-3(2)4;1-2-3;;;;;;/h3-5,7,9H,2,6,11H2,1H3;1-3,5,7H,4,9H2,(H,11,12);1-5H;1H2,(H,4,5)(H,6,7);3-4H,1-2H3;3H,2H2,1H3;3*1H4;3*1H/i;;;;;;;;;;;1+1. The molecule has 3 heterocycles. The molecule has 0 amide bonds. The Morgan fingerprint density at radius 1 is 0.755 bits per heavy atom. The van der Waals surface area contributed by atoms with Crippen LogP contribution >= 0.6 is 24.8 Å². The first kappa shape index (κ1) is 66.6. The van der Waals surface area contributed by atoms with E-state index in [2.05, 4.69) is 15.0 Å². The van der Waals surface area contributed by atoms with Crippen LogP contribution in [0.4, 0.5) is 0 Å². The summed E-state index contributed by atoms with van der Waals surface area (Å²) >= 11 is 0. The highest BCUT2D eigenvalue weighted by Crippen LogP contribution is 2.12. The molecule has 308 valence electrons. The number of rotatable bonds is 10. The number of aldehydes is 1. The van der Waals surface area contributed by atoms with E-state index in [0.717, 1.165) is 17.4 Å². The quantitative estimate of drug-likeness (QED) is 0.0766. The molecule has 9 N–H and O–H groups in total. The number of pyridine rings is 3. The zero-order valence-electron chi connectivity index (χ0n) is 28.3. The summed E-state index contributed by atoms with van der Waals surface area (Å²) in [5, 5.41) is 39.5. The van der Waals surface area contributed by atoms with Crippen LogP contribution in [0.15, 0.2) is 73.6 Å². The van der Waals surface area contributed by atoms with Crippen LogP contribution in [0.3, 0.4) is 0 Å². The molecule has 0 aliphatic rings. The summed E-state index contributed by atoms with van der Waals surface area (Å²) in [6, 6.07) is 9.78. The highest BCUT2D eigenvalue weighted by Gasteiger charge is 2.12. The van der Waals surface area contributed by atoms with Gasteiger partial charge in [-0.15, -0.1) is 24.8 Å². The zero-order chi connectivity index (χ0) is 37.3. The van der Waals surface area contributed by atoms with Crippen molar-refractivity contribution in [2.24, 2.45) is 11.5 Å². The van der Waals surface area contributed by atoms with Gasteiger partial charge in [0.15, 0.2) is 6.29 Å². The van der Waals surface area contributed by atoms with Crippen molar-refractivity contribution in [3.8, 4) is 0 Å².